The molecule has 0 atom stereocenters. The highest BCUT2D eigenvalue weighted by atomic mass is 79.9. The highest BCUT2D eigenvalue weighted by Crippen LogP contribution is 2.27. The van der Waals surface area contributed by atoms with Crippen molar-refractivity contribution in [3.63, 3.8) is 0 Å². The number of hydrazone groups is 1. The molecule has 0 spiro atoms. The van der Waals surface area contributed by atoms with Gasteiger partial charge in [0.25, 0.3) is 11.8 Å². The molecule has 0 fully saturated rings. The Labute approximate surface area is 216 Å². The summed E-state index contributed by atoms with van der Waals surface area (Å²) in [5.41, 5.74) is 4.82. The second kappa shape index (κ2) is 11.4. The molecular weight excluding hydrogens is 522 g/mol. The lowest BCUT2D eigenvalue weighted by Gasteiger charge is -2.11. The van der Waals surface area contributed by atoms with Gasteiger partial charge in [-0.15, -0.1) is 0 Å². The van der Waals surface area contributed by atoms with Gasteiger partial charge < -0.3 is 10.1 Å². The Morgan fingerprint density at radius 3 is 2.47 bits per heavy atom. The zero-order valence-corrected chi connectivity index (χ0v) is 20.9. The Kier molecular flexibility index (Phi) is 7.87. The molecular formula is C28H22BrN3O4. The summed E-state index contributed by atoms with van der Waals surface area (Å²) < 4.78 is 6.43. The van der Waals surface area contributed by atoms with Gasteiger partial charge >= 0.3 is 5.97 Å². The van der Waals surface area contributed by atoms with Gasteiger partial charge in [-0.05, 0) is 54.1 Å². The van der Waals surface area contributed by atoms with E-state index in [0.29, 0.717) is 22.4 Å². The minimum absolute atomic E-state index is 0.256. The van der Waals surface area contributed by atoms with Crippen LogP contribution in [0, 0.1) is 6.92 Å². The third-order valence-electron chi connectivity index (χ3n) is 5.30. The topological polar surface area (TPSA) is 96.9 Å². The Balaban J connectivity index is 1.47. The number of fused-ring (bicyclic) bond motifs is 1. The molecule has 0 aliphatic carbocycles. The van der Waals surface area contributed by atoms with Crippen LogP contribution in [0.25, 0.3) is 10.8 Å². The van der Waals surface area contributed by atoms with Crippen molar-refractivity contribution in [3.8, 4) is 5.75 Å². The van der Waals surface area contributed by atoms with Crippen LogP contribution in [0.4, 0.5) is 0 Å². The van der Waals surface area contributed by atoms with Crippen LogP contribution in [0.1, 0.15) is 31.8 Å². The number of carbonyl (C=O) groups is 3. The van der Waals surface area contributed by atoms with Crippen molar-refractivity contribution >= 4 is 50.7 Å². The number of hydrogen-bond donors (Lipinski definition) is 2. The number of hydrogen-bond acceptors (Lipinski definition) is 5. The zero-order valence-electron chi connectivity index (χ0n) is 19.3. The molecule has 0 aromatic heterocycles. The number of rotatable bonds is 7. The van der Waals surface area contributed by atoms with Crippen LogP contribution in [0.15, 0.2) is 94.5 Å². The molecule has 0 unspecified atom stereocenters. The summed E-state index contributed by atoms with van der Waals surface area (Å²) >= 11 is 3.31. The number of halogens is 1. The van der Waals surface area contributed by atoms with Crippen LogP contribution in [0.3, 0.4) is 0 Å². The molecule has 0 bridgehead atoms. The molecule has 0 saturated heterocycles. The van der Waals surface area contributed by atoms with Gasteiger partial charge in [0.2, 0.25) is 0 Å². The summed E-state index contributed by atoms with van der Waals surface area (Å²) in [4.78, 5) is 37.2. The minimum atomic E-state index is -0.506. The second-order valence-corrected chi connectivity index (χ2v) is 8.86. The number of nitrogens with zero attached hydrogens (tertiary/aromatic N) is 1. The Morgan fingerprint density at radius 2 is 1.69 bits per heavy atom. The maximum absolute atomic E-state index is 12.7. The van der Waals surface area contributed by atoms with Crippen molar-refractivity contribution < 1.29 is 19.1 Å². The van der Waals surface area contributed by atoms with Crippen molar-refractivity contribution in [2.75, 3.05) is 6.54 Å². The summed E-state index contributed by atoms with van der Waals surface area (Å²) in [5.74, 6) is -1.08. The highest BCUT2D eigenvalue weighted by molar-refractivity contribution is 9.10. The summed E-state index contributed by atoms with van der Waals surface area (Å²) in [6.45, 7) is 1.68. The van der Waals surface area contributed by atoms with Gasteiger partial charge in [-0.3, -0.25) is 9.59 Å². The van der Waals surface area contributed by atoms with Crippen LogP contribution in [0.2, 0.25) is 0 Å². The van der Waals surface area contributed by atoms with E-state index < -0.39 is 11.9 Å². The first-order chi connectivity index (χ1) is 17.4. The fourth-order valence-corrected chi connectivity index (χ4v) is 3.85. The molecule has 2 N–H and O–H groups in total. The third-order valence-corrected chi connectivity index (χ3v) is 5.79. The molecule has 0 radical (unpaired) electrons. The first-order valence-corrected chi connectivity index (χ1v) is 11.9. The van der Waals surface area contributed by atoms with Gasteiger partial charge in [-0.2, -0.15) is 5.10 Å². The molecule has 8 heteroatoms. The van der Waals surface area contributed by atoms with E-state index >= 15 is 0 Å². The molecule has 0 aliphatic heterocycles. The summed E-state index contributed by atoms with van der Waals surface area (Å²) in [6, 6.07) is 25.0. The fourth-order valence-electron chi connectivity index (χ4n) is 3.45. The van der Waals surface area contributed by atoms with E-state index in [1.54, 1.807) is 42.5 Å². The van der Waals surface area contributed by atoms with Gasteiger partial charge in [-0.25, -0.2) is 10.2 Å². The lowest BCUT2D eigenvalue weighted by atomic mass is 10.0. The Morgan fingerprint density at radius 1 is 0.917 bits per heavy atom. The molecule has 0 heterocycles. The number of esters is 1. The lowest BCUT2D eigenvalue weighted by molar-refractivity contribution is -0.120. The van der Waals surface area contributed by atoms with E-state index in [2.05, 4.69) is 31.8 Å². The summed E-state index contributed by atoms with van der Waals surface area (Å²) in [5, 5.41) is 8.30. The molecule has 2 amide bonds. The zero-order chi connectivity index (χ0) is 25.5. The molecule has 4 aromatic rings. The first kappa shape index (κ1) is 24.8. The van der Waals surface area contributed by atoms with Crippen LogP contribution in [-0.2, 0) is 4.79 Å². The standard InChI is InChI=1S/C28H22BrN3O4/c1-18-9-11-20(12-10-18)28(35)36-25-14-13-19-5-2-3-8-23(19)24(25)16-31-32-26(33)17-30-27(34)21-6-4-7-22(29)15-21/h2-16H,17H2,1H3,(H,30,34)(H,32,33)/b31-16+. The predicted molar refractivity (Wildman–Crippen MR) is 142 cm³/mol. The number of aryl methyl sites for hydroxylation is 1. The number of benzene rings is 4. The lowest BCUT2D eigenvalue weighted by Crippen LogP contribution is -2.34. The molecule has 180 valence electrons. The summed E-state index contributed by atoms with van der Waals surface area (Å²) in [6.07, 6.45) is 1.42. The Hall–Kier alpha value is -4.30. The maximum atomic E-state index is 12.7. The van der Waals surface area contributed by atoms with Crippen molar-refractivity contribution in [1.82, 2.24) is 10.7 Å². The molecule has 4 aromatic carbocycles. The average Bonchev–Trinajstić information content (AvgIpc) is 2.88. The second-order valence-electron chi connectivity index (χ2n) is 7.94. The van der Waals surface area contributed by atoms with Crippen molar-refractivity contribution in [2.24, 2.45) is 5.10 Å². The maximum Gasteiger partial charge on any atom is 0.343 e. The van der Waals surface area contributed by atoms with Crippen LogP contribution >= 0.6 is 15.9 Å². The predicted octanol–water partition coefficient (Wildman–Crippen LogP) is 5.01. The van der Waals surface area contributed by atoms with Crippen molar-refractivity contribution in [3.05, 3.63) is 112 Å². The third kappa shape index (κ3) is 6.22. The number of nitrogens with one attached hydrogen (secondary N) is 2. The van der Waals surface area contributed by atoms with Gasteiger partial charge in [0, 0.05) is 15.6 Å². The van der Waals surface area contributed by atoms with E-state index in [9.17, 15) is 14.4 Å². The van der Waals surface area contributed by atoms with E-state index in [1.165, 1.54) is 6.21 Å². The van der Waals surface area contributed by atoms with Crippen molar-refractivity contribution in [2.45, 2.75) is 6.92 Å². The normalized spacial score (nSPS) is 10.8. The SMILES string of the molecule is Cc1ccc(C(=O)Oc2ccc3ccccc3c2/C=N/NC(=O)CNC(=O)c2cccc(Br)c2)cc1. The van der Waals surface area contributed by atoms with Gasteiger partial charge in [0.15, 0.2) is 0 Å². The molecule has 0 aliphatic rings. The van der Waals surface area contributed by atoms with Gasteiger partial charge in [0.1, 0.15) is 5.75 Å². The minimum Gasteiger partial charge on any atom is -0.422 e. The number of ether oxygens (including phenoxy) is 1. The highest BCUT2D eigenvalue weighted by Gasteiger charge is 2.14. The van der Waals surface area contributed by atoms with E-state index in [-0.39, 0.29) is 12.5 Å². The van der Waals surface area contributed by atoms with Gasteiger partial charge in [0.05, 0.1) is 18.3 Å². The van der Waals surface area contributed by atoms with Crippen LogP contribution < -0.4 is 15.5 Å². The quantitative estimate of drug-likeness (QED) is 0.148. The van der Waals surface area contributed by atoms with Gasteiger partial charge in [-0.1, -0.05) is 70.0 Å². The van der Waals surface area contributed by atoms with E-state index in [4.69, 9.17) is 4.74 Å². The molecule has 36 heavy (non-hydrogen) atoms. The van der Waals surface area contributed by atoms with E-state index in [0.717, 1.165) is 20.8 Å². The largest absolute Gasteiger partial charge is 0.422 e. The average molecular weight is 544 g/mol. The molecule has 4 rings (SSSR count). The smallest absolute Gasteiger partial charge is 0.343 e. The number of carbonyl (C=O) groups excluding carboxylic acids is 3. The monoisotopic (exact) mass is 543 g/mol. The molecule has 7 nitrogen and oxygen atoms in total. The first-order valence-electron chi connectivity index (χ1n) is 11.1. The van der Waals surface area contributed by atoms with Crippen molar-refractivity contribution in [1.29, 1.82) is 0 Å². The fraction of sp³-hybridized carbons (Fsp3) is 0.0714. The number of amides is 2. The van der Waals surface area contributed by atoms with Crippen LogP contribution in [-0.4, -0.2) is 30.5 Å². The van der Waals surface area contributed by atoms with Crippen LogP contribution in [0.5, 0.6) is 5.75 Å². The Bertz CT molecular complexity index is 1470. The van der Waals surface area contributed by atoms with E-state index in [1.807, 2.05) is 49.4 Å². The summed E-state index contributed by atoms with van der Waals surface area (Å²) in [7, 11) is 0. The molecule has 0 saturated carbocycles.